The Morgan fingerprint density at radius 3 is 2.82 bits per heavy atom. The number of hydrogen-bond acceptors (Lipinski definition) is 3. The molecule has 4 nitrogen and oxygen atoms in total. The van der Waals surface area contributed by atoms with E-state index >= 15 is 0 Å². The molecule has 3 N–H and O–H groups in total. The summed E-state index contributed by atoms with van der Waals surface area (Å²) in [4.78, 5) is 14.7. The fraction of sp³-hybridized carbons (Fsp3) is 0.833. The standard InChI is InChI=1S/C12H23N3OS/c1-12(11(16)14-2)6-8-15(9-12)7-4-3-5-10(13)17/h3-9H2,1-2H3,(H2,13,17)(H,14,16). The molecule has 1 amide bonds. The van der Waals surface area contributed by atoms with E-state index in [1.165, 1.54) is 0 Å². The molecule has 1 rings (SSSR count). The second kappa shape index (κ2) is 6.31. The molecule has 1 fully saturated rings. The zero-order valence-corrected chi connectivity index (χ0v) is 11.6. The van der Waals surface area contributed by atoms with Crippen LogP contribution in [-0.4, -0.2) is 42.5 Å². The topological polar surface area (TPSA) is 58.4 Å². The number of nitrogens with two attached hydrogens (primary N) is 1. The van der Waals surface area contributed by atoms with E-state index in [1.807, 2.05) is 6.92 Å². The summed E-state index contributed by atoms with van der Waals surface area (Å²) in [6, 6.07) is 0. The van der Waals surface area contributed by atoms with Crippen molar-refractivity contribution in [3.8, 4) is 0 Å². The highest BCUT2D eigenvalue weighted by molar-refractivity contribution is 7.80. The smallest absolute Gasteiger partial charge is 0.227 e. The summed E-state index contributed by atoms with van der Waals surface area (Å²) in [5.74, 6) is 0.156. The van der Waals surface area contributed by atoms with Crippen LogP contribution in [0.3, 0.4) is 0 Å². The summed E-state index contributed by atoms with van der Waals surface area (Å²) >= 11 is 4.84. The van der Waals surface area contributed by atoms with Crippen molar-refractivity contribution in [2.45, 2.75) is 32.6 Å². The van der Waals surface area contributed by atoms with Gasteiger partial charge >= 0.3 is 0 Å². The molecule has 1 saturated heterocycles. The predicted molar refractivity (Wildman–Crippen MR) is 73.9 cm³/mol. The minimum Gasteiger partial charge on any atom is -0.393 e. The van der Waals surface area contributed by atoms with Gasteiger partial charge in [-0.1, -0.05) is 12.2 Å². The Hall–Kier alpha value is -0.680. The van der Waals surface area contributed by atoms with Gasteiger partial charge in [-0.3, -0.25) is 4.79 Å². The Kier molecular flexibility index (Phi) is 5.33. The molecule has 0 saturated carbocycles. The van der Waals surface area contributed by atoms with Crippen LogP contribution in [0.5, 0.6) is 0 Å². The lowest BCUT2D eigenvalue weighted by molar-refractivity contribution is -0.129. The molecule has 1 heterocycles. The predicted octanol–water partition coefficient (Wildman–Crippen LogP) is 0.901. The summed E-state index contributed by atoms with van der Waals surface area (Å²) < 4.78 is 0. The Morgan fingerprint density at radius 2 is 2.24 bits per heavy atom. The molecule has 0 radical (unpaired) electrons. The second-order valence-electron chi connectivity index (χ2n) is 5.09. The molecule has 1 atom stereocenters. The van der Waals surface area contributed by atoms with E-state index < -0.39 is 0 Å². The first-order valence-electron chi connectivity index (χ1n) is 6.21. The Labute approximate surface area is 109 Å². The van der Waals surface area contributed by atoms with Crippen LogP contribution in [0.4, 0.5) is 0 Å². The van der Waals surface area contributed by atoms with Crippen LogP contribution < -0.4 is 11.1 Å². The van der Waals surface area contributed by atoms with Gasteiger partial charge in [-0.2, -0.15) is 0 Å². The van der Waals surface area contributed by atoms with Gasteiger partial charge in [0, 0.05) is 13.6 Å². The normalized spacial score (nSPS) is 24.8. The molecule has 0 aromatic carbocycles. The van der Waals surface area contributed by atoms with Gasteiger partial charge in [-0.05, 0) is 45.7 Å². The third kappa shape index (κ3) is 4.24. The zero-order chi connectivity index (χ0) is 12.9. The maximum Gasteiger partial charge on any atom is 0.227 e. The van der Waals surface area contributed by atoms with E-state index in [0.29, 0.717) is 4.99 Å². The van der Waals surface area contributed by atoms with Crippen molar-refractivity contribution < 1.29 is 4.79 Å². The number of thiocarbonyl (C=S) groups is 1. The molecule has 0 aromatic rings. The van der Waals surface area contributed by atoms with E-state index in [-0.39, 0.29) is 11.3 Å². The summed E-state index contributed by atoms with van der Waals surface area (Å²) in [6.07, 6.45) is 3.92. The molecule has 0 spiro atoms. The van der Waals surface area contributed by atoms with Crippen molar-refractivity contribution in [1.82, 2.24) is 10.2 Å². The van der Waals surface area contributed by atoms with Crippen LogP contribution in [0.15, 0.2) is 0 Å². The van der Waals surface area contributed by atoms with Gasteiger partial charge in [0.05, 0.1) is 10.4 Å². The van der Waals surface area contributed by atoms with Crippen LogP contribution in [-0.2, 0) is 4.79 Å². The maximum atomic E-state index is 11.7. The van der Waals surface area contributed by atoms with Crippen molar-refractivity contribution in [2.75, 3.05) is 26.7 Å². The Bertz CT molecular complexity index is 295. The quantitative estimate of drug-likeness (QED) is 0.548. The van der Waals surface area contributed by atoms with Crippen molar-refractivity contribution >= 4 is 23.1 Å². The van der Waals surface area contributed by atoms with Crippen LogP contribution in [0, 0.1) is 5.41 Å². The van der Waals surface area contributed by atoms with Gasteiger partial charge < -0.3 is 16.0 Å². The van der Waals surface area contributed by atoms with Crippen LogP contribution >= 0.6 is 12.2 Å². The number of amides is 1. The number of carbonyl (C=O) groups excluding carboxylic acids is 1. The van der Waals surface area contributed by atoms with E-state index in [0.717, 1.165) is 45.3 Å². The molecule has 0 aromatic heterocycles. The number of hydrogen-bond donors (Lipinski definition) is 2. The molecule has 1 aliphatic heterocycles. The lowest BCUT2D eigenvalue weighted by Crippen LogP contribution is -2.39. The van der Waals surface area contributed by atoms with Crippen molar-refractivity contribution in [1.29, 1.82) is 0 Å². The fourth-order valence-electron chi connectivity index (χ4n) is 2.37. The fourth-order valence-corrected chi connectivity index (χ4v) is 2.51. The first-order valence-corrected chi connectivity index (χ1v) is 6.61. The molecule has 0 aliphatic carbocycles. The average molecular weight is 257 g/mol. The SMILES string of the molecule is CNC(=O)C1(C)CCN(CCCCC(N)=S)C1. The van der Waals surface area contributed by atoms with Crippen molar-refractivity contribution in [3.05, 3.63) is 0 Å². The Morgan fingerprint density at radius 1 is 1.53 bits per heavy atom. The van der Waals surface area contributed by atoms with E-state index in [2.05, 4.69) is 10.2 Å². The minimum atomic E-state index is -0.210. The number of carbonyl (C=O) groups is 1. The minimum absolute atomic E-state index is 0.156. The summed E-state index contributed by atoms with van der Waals surface area (Å²) in [5, 5.41) is 2.75. The van der Waals surface area contributed by atoms with Crippen LogP contribution in [0.2, 0.25) is 0 Å². The largest absolute Gasteiger partial charge is 0.393 e. The highest BCUT2D eigenvalue weighted by Crippen LogP contribution is 2.30. The summed E-state index contributed by atoms with van der Waals surface area (Å²) in [7, 11) is 1.71. The third-order valence-electron chi connectivity index (χ3n) is 3.48. The van der Waals surface area contributed by atoms with Crippen LogP contribution in [0.1, 0.15) is 32.6 Å². The van der Waals surface area contributed by atoms with Crippen molar-refractivity contribution in [2.24, 2.45) is 11.1 Å². The first kappa shape index (κ1) is 14.4. The van der Waals surface area contributed by atoms with Gasteiger partial charge in [0.15, 0.2) is 0 Å². The van der Waals surface area contributed by atoms with Gasteiger partial charge in [0.1, 0.15) is 0 Å². The van der Waals surface area contributed by atoms with Crippen LogP contribution in [0.25, 0.3) is 0 Å². The molecular formula is C12H23N3OS. The number of unbranched alkanes of at least 4 members (excludes halogenated alkanes) is 1. The van der Waals surface area contributed by atoms with Gasteiger partial charge in [-0.25, -0.2) is 0 Å². The Balaban J connectivity index is 2.26. The van der Waals surface area contributed by atoms with E-state index in [9.17, 15) is 4.79 Å². The molecule has 1 unspecified atom stereocenters. The number of likely N-dealkylation sites (tertiary alicyclic amines) is 1. The summed E-state index contributed by atoms with van der Waals surface area (Å²) in [6.45, 7) is 4.95. The van der Waals surface area contributed by atoms with Gasteiger partial charge in [-0.15, -0.1) is 0 Å². The monoisotopic (exact) mass is 257 g/mol. The van der Waals surface area contributed by atoms with E-state index in [1.54, 1.807) is 7.05 Å². The molecule has 1 aliphatic rings. The highest BCUT2D eigenvalue weighted by atomic mass is 32.1. The zero-order valence-electron chi connectivity index (χ0n) is 10.8. The molecule has 0 bridgehead atoms. The number of nitrogens with one attached hydrogen (secondary N) is 1. The van der Waals surface area contributed by atoms with Gasteiger partial charge in [0.25, 0.3) is 0 Å². The van der Waals surface area contributed by atoms with Crippen molar-refractivity contribution in [3.63, 3.8) is 0 Å². The number of nitrogens with zero attached hydrogens (tertiary/aromatic N) is 1. The molecule has 5 heteroatoms. The lowest BCUT2D eigenvalue weighted by atomic mass is 9.89. The van der Waals surface area contributed by atoms with Gasteiger partial charge in [0.2, 0.25) is 5.91 Å². The average Bonchev–Trinajstić information content (AvgIpc) is 2.66. The third-order valence-corrected chi connectivity index (χ3v) is 3.68. The maximum absolute atomic E-state index is 11.7. The van der Waals surface area contributed by atoms with E-state index in [4.69, 9.17) is 18.0 Å². The molecule has 98 valence electrons. The highest BCUT2D eigenvalue weighted by Gasteiger charge is 2.39. The molecular weight excluding hydrogens is 234 g/mol. The molecule has 17 heavy (non-hydrogen) atoms. The number of rotatable bonds is 6. The first-order chi connectivity index (χ1) is 7.98. The lowest BCUT2D eigenvalue weighted by Gasteiger charge is -2.22. The summed E-state index contributed by atoms with van der Waals surface area (Å²) in [5.41, 5.74) is 5.24. The second-order valence-corrected chi connectivity index (χ2v) is 5.61.